The summed E-state index contributed by atoms with van der Waals surface area (Å²) in [5, 5.41) is 12.8. The molecule has 31 heavy (non-hydrogen) atoms. The lowest BCUT2D eigenvalue weighted by atomic mass is 9.92. The van der Waals surface area contributed by atoms with Gasteiger partial charge in [0.05, 0.1) is 11.4 Å². The van der Waals surface area contributed by atoms with E-state index in [1.54, 1.807) is 4.68 Å². The first-order valence-electron chi connectivity index (χ1n) is 10.3. The van der Waals surface area contributed by atoms with Crippen molar-refractivity contribution in [3.8, 4) is 5.69 Å². The molecule has 0 aliphatic heterocycles. The Hall–Kier alpha value is -3.64. The van der Waals surface area contributed by atoms with Crippen LogP contribution in [-0.4, -0.2) is 15.8 Å². The van der Waals surface area contributed by atoms with Crippen LogP contribution in [0.5, 0.6) is 0 Å². The van der Waals surface area contributed by atoms with Crippen LogP contribution < -0.4 is 16.4 Å². The van der Waals surface area contributed by atoms with Crippen LogP contribution in [0, 0.1) is 0 Å². The standard InChI is InChI=1S/C25H27N5O/c1-25(2,3)22-15-23(28-24(31)27-19-10-5-4-6-11-19)30(29-22)20-13-17-9-7-8-12-21(17)18(14-20)16-26/h4-15H,16,26H2,1-3H3,(H2,27,28,31). The molecule has 0 spiro atoms. The maximum absolute atomic E-state index is 12.7. The fourth-order valence-corrected chi connectivity index (χ4v) is 3.50. The second-order valence-electron chi connectivity index (χ2n) is 8.55. The number of aromatic nitrogens is 2. The van der Waals surface area contributed by atoms with E-state index in [9.17, 15) is 4.79 Å². The summed E-state index contributed by atoms with van der Waals surface area (Å²) in [4.78, 5) is 12.7. The van der Waals surface area contributed by atoms with Gasteiger partial charge in [0.2, 0.25) is 0 Å². The van der Waals surface area contributed by atoms with Gasteiger partial charge in [0, 0.05) is 23.7 Å². The molecule has 0 bridgehead atoms. The Bertz CT molecular complexity index is 1220. The van der Waals surface area contributed by atoms with Gasteiger partial charge in [-0.05, 0) is 40.6 Å². The van der Waals surface area contributed by atoms with Crippen LogP contribution in [0.4, 0.5) is 16.3 Å². The lowest BCUT2D eigenvalue weighted by Crippen LogP contribution is -2.21. The van der Waals surface area contributed by atoms with Gasteiger partial charge in [-0.25, -0.2) is 9.48 Å². The number of urea groups is 1. The second kappa shape index (κ2) is 8.24. The summed E-state index contributed by atoms with van der Waals surface area (Å²) in [6, 6.07) is 23.2. The summed E-state index contributed by atoms with van der Waals surface area (Å²) in [6.45, 7) is 6.70. The molecule has 0 fully saturated rings. The van der Waals surface area contributed by atoms with Gasteiger partial charge in [-0.3, -0.25) is 5.32 Å². The van der Waals surface area contributed by atoms with Gasteiger partial charge in [-0.15, -0.1) is 0 Å². The van der Waals surface area contributed by atoms with Crippen LogP contribution in [-0.2, 0) is 12.0 Å². The van der Waals surface area contributed by atoms with E-state index in [1.165, 1.54) is 0 Å². The molecule has 0 atom stereocenters. The number of rotatable bonds is 4. The highest BCUT2D eigenvalue weighted by molar-refractivity contribution is 5.99. The number of hydrogen-bond donors (Lipinski definition) is 3. The van der Waals surface area contributed by atoms with E-state index in [0.29, 0.717) is 12.4 Å². The van der Waals surface area contributed by atoms with Crippen molar-refractivity contribution in [2.75, 3.05) is 10.6 Å². The number of benzene rings is 3. The number of nitrogens with zero attached hydrogens (tertiary/aromatic N) is 2. The van der Waals surface area contributed by atoms with Crippen molar-refractivity contribution < 1.29 is 4.79 Å². The van der Waals surface area contributed by atoms with Gasteiger partial charge in [0.25, 0.3) is 0 Å². The molecular formula is C25H27N5O. The quantitative estimate of drug-likeness (QED) is 0.417. The molecule has 0 saturated carbocycles. The van der Waals surface area contributed by atoms with Gasteiger partial charge in [-0.1, -0.05) is 63.2 Å². The molecule has 6 heteroatoms. The topological polar surface area (TPSA) is 85.0 Å². The molecule has 3 aromatic carbocycles. The smallest absolute Gasteiger partial charge is 0.324 e. The van der Waals surface area contributed by atoms with E-state index in [2.05, 4.69) is 49.6 Å². The van der Waals surface area contributed by atoms with Gasteiger partial charge < -0.3 is 11.1 Å². The molecule has 2 amide bonds. The molecule has 158 valence electrons. The van der Waals surface area contributed by atoms with E-state index in [-0.39, 0.29) is 11.4 Å². The zero-order valence-electron chi connectivity index (χ0n) is 18.0. The maximum atomic E-state index is 12.7. The average Bonchev–Trinajstić information content (AvgIpc) is 3.17. The fraction of sp³-hybridized carbons (Fsp3) is 0.200. The number of nitrogens with one attached hydrogen (secondary N) is 2. The highest BCUT2D eigenvalue weighted by atomic mass is 16.2. The molecule has 0 unspecified atom stereocenters. The summed E-state index contributed by atoms with van der Waals surface area (Å²) in [7, 11) is 0. The second-order valence-corrected chi connectivity index (χ2v) is 8.55. The van der Waals surface area contributed by atoms with Crippen LogP contribution in [0.3, 0.4) is 0 Å². The normalized spacial score (nSPS) is 11.5. The SMILES string of the molecule is CC(C)(C)c1cc(NC(=O)Nc2ccccc2)n(-c2cc(CN)c3ccccc3c2)n1. The lowest BCUT2D eigenvalue weighted by Gasteiger charge is -2.14. The van der Waals surface area contributed by atoms with E-state index in [4.69, 9.17) is 10.8 Å². The molecule has 0 radical (unpaired) electrons. The Morgan fingerprint density at radius 1 is 0.968 bits per heavy atom. The number of nitrogens with two attached hydrogens (primary N) is 1. The maximum Gasteiger partial charge on any atom is 0.324 e. The summed E-state index contributed by atoms with van der Waals surface area (Å²) < 4.78 is 1.77. The van der Waals surface area contributed by atoms with Crippen molar-refractivity contribution >= 4 is 28.3 Å². The Morgan fingerprint density at radius 2 is 1.68 bits per heavy atom. The van der Waals surface area contributed by atoms with Crippen molar-refractivity contribution in [1.82, 2.24) is 9.78 Å². The Morgan fingerprint density at radius 3 is 2.39 bits per heavy atom. The van der Waals surface area contributed by atoms with Crippen molar-refractivity contribution in [2.24, 2.45) is 5.73 Å². The minimum absolute atomic E-state index is 0.175. The number of fused-ring (bicyclic) bond motifs is 1. The molecule has 0 saturated heterocycles. The van der Waals surface area contributed by atoms with E-state index >= 15 is 0 Å². The van der Waals surface area contributed by atoms with Crippen LogP contribution in [0.15, 0.2) is 72.8 Å². The van der Waals surface area contributed by atoms with Crippen LogP contribution in [0.1, 0.15) is 32.0 Å². The zero-order chi connectivity index (χ0) is 22.0. The third-order valence-electron chi connectivity index (χ3n) is 5.15. The van der Waals surface area contributed by atoms with Gasteiger partial charge >= 0.3 is 6.03 Å². The molecule has 1 heterocycles. The van der Waals surface area contributed by atoms with Gasteiger partial charge in [0.1, 0.15) is 5.82 Å². The van der Waals surface area contributed by atoms with Crippen LogP contribution >= 0.6 is 0 Å². The Balaban J connectivity index is 1.76. The number of carbonyl (C=O) groups is 1. The molecule has 1 aromatic heterocycles. The largest absolute Gasteiger partial charge is 0.326 e. The number of amides is 2. The van der Waals surface area contributed by atoms with Gasteiger partial charge in [0.15, 0.2) is 0 Å². The molecule has 4 N–H and O–H groups in total. The van der Waals surface area contributed by atoms with E-state index < -0.39 is 0 Å². The number of para-hydroxylation sites is 1. The van der Waals surface area contributed by atoms with Crippen molar-refractivity contribution in [2.45, 2.75) is 32.7 Å². The third kappa shape index (κ3) is 4.44. The predicted molar refractivity (Wildman–Crippen MR) is 127 cm³/mol. The van der Waals surface area contributed by atoms with Crippen LogP contribution in [0.25, 0.3) is 16.5 Å². The van der Waals surface area contributed by atoms with E-state index in [0.717, 1.165) is 33.4 Å². The summed E-state index contributed by atoms with van der Waals surface area (Å²) in [5.74, 6) is 0.594. The minimum atomic E-state index is -0.326. The number of hydrogen-bond acceptors (Lipinski definition) is 3. The zero-order valence-corrected chi connectivity index (χ0v) is 18.0. The number of carbonyl (C=O) groups excluding carboxylic acids is 1. The number of anilines is 2. The molecule has 4 aromatic rings. The molecular weight excluding hydrogens is 386 g/mol. The van der Waals surface area contributed by atoms with Crippen molar-refractivity contribution in [3.63, 3.8) is 0 Å². The predicted octanol–water partition coefficient (Wildman–Crippen LogP) is 5.43. The highest BCUT2D eigenvalue weighted by Gasteiger charge is 2.22. The summed E-state index contributed by atoms with van der Waals surface area (Å²) in [6.07, 6.45) is 0. The summed E-state index contributed by atoms with van der Waals surface area (Å²) in [5.41, 5.74) is 9.34. The monoisotopic (exact) mass is 413 g/mol. The van der Waals surface area contributed by atoms with Gasteiger partial charge in [-0.2, -0.15) is 5.10 Å². The highest BCUT2D eigenvalue weighted by Crippen LogP contribution is 2.29. The first-order valence-corrected chi connectivity index (χ1v) is 10.3. The Labute approximate surface area is 182 Å². The summed E-state index contributed by atoms with van der Waals surface area (Å²) >= 11 is 0. The molecule has 4 rings (SSSR count). The molecule has 0 aliphatic carbocycles. The fourth-order valence-electron chi connectivity index (χ4n) is 3.50. The Kier molecular flexibility index (Phi) is 5.48. The first kappa shape index (κ1) is 20.6. The van der Waals surface area contributed by atoms with Crippen LogP contribution in [0.2, 0.25) is 0 Å². The van der Waals surface area contributed by atoms with E-state index in [1.807, 2.05) is 54.6 Å². The third-order valence-corrected chi connectivity index (χ3v) is 5.15. The molecule has 0 aliphatic rings. The molecule has 6 nitrogen and oxygen atoms in total. The minimum Gasteiger partial charge on any atom is -0.326 e. The van der Waals surface area contributed by atoms with Crippen molar-refractivity contribution in [3.05, 3.63) is 84.1 Å². The van der Waals surface area contributed by atoms with Crippen molar-refractivity contribution in [1.29, 1.82) is 0 Å². The average molecular weight is 414 g/mol. The lowest BCUT2D eigenvalue weighted by molar-refractivity contribution is 0.262. The first-order chi connectivity index (χ1) is 14.8.